The number of aromatic amines is 1. The Morgan fingerprint density at radius 2 is 1.73 bits per heavy atom. The van der Waals surface area contributed by atoms with Gasteiger partial charge < -0.3 is 29.4 Å². The van der Waals surface area contributed by atoms with Crippen LogP contribution in [0.3, 0.4) is 0 Å². The third-order valence-electron chi connectivity index (χ3n) is 5.44. The smallest absolute Gasteiger partial charge is 0.244 e. The van der Waals surface area contributed by atoms with E-state index in [-0.39, 0.29) is 17.3 Å². The maximum absolute atomic E-state index is 9.99. The Hall–Kier alpha value is -4.32. The second-order valence-electron chi connectivity index (χ2n) is 7.15. The number of nitrogens with two attached hydrogens (primary N) is 1. The van der Waals surface area contributed by atoms with Gasteiger partial charge in [-0.2, -0.15) is 5.26 Å². The summed E-state index contributed by atoms with van der Waals surface area (Å²) in [6.07, 6.45) is 0. The molecule has 0 aliphatic carbocycles. The van der Waals surface area contributed by atoms with E-state index in [4.69, 9.17) is 29.4 Å². The summed E-state index contributed by atoms with van der Waals surface area (Å²) in [5.74, 6) is 1.90. The lowest BCUT2D eigenvalue weighted by Gasteiger charge is -2.26. The molecule has 1 atom stereocenters. The van der Waals surface area contributed by atoms with E-state index < -0.39 is 5.92 Å². The molecule has 2 aromatic carbocycles. The summed E-state index contributed by atoms with van der Waals surface area (Å²) in [5, 5.41) is 17.3. The van der Waals surface area contributed by atoms with Gasteiger partial charge in [0.25, 0.3) is 0 Å². The van der Waals surface area contributed by atoms with Gasteiger partial charge in [0, 0.05) is 17.2 Å². The number of aromatic nitrogens is 2. The average Bonchev–Trinajstić information content (AvgIpc) is 3.26. The molecule has 3 N–H and O–H groups in total. The molecule has 0 unspecified atom stereocenters. The highest BCUT2D eigenvalue weighted by atomic mass is 16.5. The Balaban J connectivity index is 1.94. The molecule has 1 aliphatic heterocycles. The zero-order valence-corrected chi connectivity index (χ0v) is 18.8. The molecule has 0 spiro atoms. The summed E-state index contributed by atoms with van der Waals surface area (Å²) in [5.41, 5.74) is 9.21. The minimum Gasteiger partial charge on any atom is -0.496 e. The fourth-order valence-corrected chi connectivity index (χ4v) is 3.94. The van der Waals surface area contributed by atoms with Crippen molar-refractivity contribution in [3.63, 3.8) is 0 Å². The van der Waals surface area contributed by atoms with Crippen LogP contribution in [-0.4, -0.2) is 38.1 Å². The molecule has 1 aromatic heterocycles. The average molecular weight is 448 g/mol. The van der Waals surface area contributed by atoms with Crippen LogP contribution in [-0.2, 0) is 0 Å². The van der Waals surface area contributed by atoms with Crippen molar-refractivity contribution < 1.29 is 23.7 Å². The van der Waals surface area contributed by atoms with Crippen molar-refractivity contribution in [3.05, 3.63) is 59.0 Å². The predicted molar refractivity (Wildman–Crippen MR) is 121 cm³/mol. The van der Waals surface area contributed by atoms with Gasteiger partial charge in [0.1, 0.15) is 23.1 Å². The van der Waals surface area contributed by atoms with Crippen molar-refractivity contribution in [2.75, 3.05) is 27.9 Å². The number of hydrogen-bond acceptors (Lipinski definition) is 8. The first-order valence-electron chi connectivity index (χ1n) is 10.2. The van der Waals surface area contributed by atoms with E-state index in [0.29, 0.717) is 40.7 Å². The zero-order valence-electron chi connectivity index (χ0n) is 18.8. The van der Waals surface area contributed by atoms with E-state index in [0.717, 1.165) is 11.3 Å². The third kappa shape index (κ3) is 3.76. The minimum atomic E-state index is -0.617. The van der Waals surface area contributed by atoms with Gasteiger partial charge in [0.05, 0.1) is 45.1 Å². The molecule has 0 fully saturated rings. The predicted octanol–water partition coefficient (Wildman–Crippen LogP) is 3.72. The number of H-pyrrole nitrogens is 1. The fraction of sp³-hybridized carbons (Fsp3) is 0.250. The molecule has 9 nitrogen and oxygen atoms in total. The molecular formula is C24H24N4O5. The topological polar surface area (TPSA) is 125 Å². The molecule has 4 rings (SSSR count). The van der Waals surface area contributed by atoms with Crippen LogP contribution in [0.25, 0.3) is 11.3 Å². The van der Waals surface area contributed by atoms with Gasteiger partial charge in [-0.05, 0) is 37.3 Å². The van der Waals surface area contributed by atoms with Gasteiger partial charge in [0.15, 0.2) is 11.5 Å². The summed E-state index contributed by atoms with van der Waals surface area (Å²) in [6, 6.07) is 13.3. The fourth-order valence-electron chi connectivity index (χ4n) is 3.94. The van der Waals surface area contributed by atoms with E-state index in [9.17, 15) is 5.26 Å². The first-order valence-corrected chi connectivity index (χ1v) is 10.2. The van der Waals surface area contributed by atoms with E-state index >= 15 is 0 Å². The van der Waals surface area contributed by atoms with Gasteiger partial charge in [-0.15, -0.1) is 5.10 Å². The Labute approximate surface area is 191 Å². The number of methoxy groups -OCH3 is 3. The van der Waals surface area contributed by atoms with Gasteiger partial charge in [-0.1, -0.05) is 0 Å². The Bertz CT molecular complexity index is 1240. The maximum atomic E-state index is 9.99. The number of ether oxygens (including phenoxy) is 5. The van der Waals surface area contributed by atoms with Crippen molar-refractivity contribution in [3.8, 4) is 46.2 Å². The second-order valence-corrected chi connectivity index (χ2v) is 7.15. The molecule has 3 aromatic rings. The van der Waals surface area contributed by atoms with Crippen molar-refractivity contribution in [1.29, 1.82) is 5.26 Å². The summed E-state index contributed by atoms with van der Waals surface area (Å²) < 4.78 is 27.8. The highest BCUT2D eigenvalue weighted by Gasteiger charge is 2.37. The van der Waals surface area contributed by atoms with Gasteiger partial charge in [0.2, 0.25) is 11.8 Å². The van der Waals surface area contributed by atoms with Crippen molar-refractivity contribution >= 4 is 0 Å². The van der Waals surface area contributed by atoms with Crippen molar-refractivity contribution in [1.82, 2.24) is 10.2 Å². The molecule has 170 valence electrons. The Morgan fingerprint density at radius 3 is 2.33 bits per heavy atom. The molecule has 9 heteroatoms. The SMILES string of the molecule is CCOc1ccc(-c2[nH]nc3c2[C@H](c2cc(OC)c(OC)cc2OC)C(C#N)=C(N)O3)cc1. The monoisotopic (exact) mass is 448 g/mol. The molecule has 0 radical (unpaired) electrons. The lowest BCUT2D eigenvalue weighted by atomic mass is 9.82. The largest absolute Gasteiger partial charge is 0.496 e. The highest BCUT2D eigenvalue weighted by molar-refractivity contribution is 5.72. The number of hydrogen-bond donors (Lipinski definition) is 2. The number of benzene rings is 2. The van der Waals surface area contributed by atoms with Crippen molar-refractivity contribution in [2.45, 2.75) is 12.8 Å². The summed E-state index contributed by atoms with van der Waals surface area (Å²) in [7, 11) is 4.64. The lowest BCUT2D eigenvalue weighted by molar-refractivity contribution is 0.340. The molecule has 0 bridgehead atoms. The Kier molecular flexibility index (Phi) is 6.00. The molecule has 0 saturated carbocycles. The van der Waals surface area contributed by atoms with E-state index in [1.54, 1.807) is 33.5 Å². The van der Waals surface area contributed by atoms with Crippen LogP contribution in [0.15, 0.2) is 47.9 Å². The normalized spacial score (nSPS) is 14.7. The molecule has 0 amide bonds. The standard InChI is InChI=1S/C24H24N4O5/c1-5-32-14-8-6-13(7-9-14)22-21-20(16(12-25)23(26)33-24(21)28-27-22)15-10-18(30-3)19(31-4)11-17(15)29-2/h6-11,20H,5,26H2,1-4H3,(H,27,28)/t20-/m1/s1. The first kappa shape index (κ1) is 21.9. The van der Waals surface area contributed by atoms with Crippen LogP contribution >= 0.6 is 0 Å². The molecule has 0 saturated heterocycles. The number of rotatable bonds is 7. The Morgan fingerprint density at radius 1 is 1.06 bits per heavy atom. The second kappa shape index (κ2) is 9.04. The molecule has 33 heavy (non-hydrogen) atoms. The molecular weight excluding hydrogens is 424 g/mol. The quantitative estimate of drug-likeness (QED) is 0.560. The summed E-state index contributed by atoms with van der Waals surface area (Å²) >= 11 is 0. The van der Waals surface area contributed by atoms with E-state index in [1.807, 2.05) is 31.2 Å². The van der Waals surface area contributed by atoms with Crippen LogP contribution < -0.4 is 29.4 Å². The van der Waals surface area contributed by atoms with Crippen LogP contribution in [0.1, 0.15) is 24.0 Å². The highest BCUT2D eigenvalue weighted by Crippen LogP contribution is 2.50. The number of fused-ring (bicyclic) bond motifs is 1. The van der Waals surface area contributed by atoms with Gasteiger partial charge in [-0.25, -0.2) is 0 Å². The zero-order chi connectivity index (χ0) is 23.5. The summed E-state index contributed by atoms with van der Waals surface area (Å²) in [6.45, 7) is 2.50. The van der Waals surface area contributed by atoms with Crippen LogP contribution in [0.5, 0.6) is 28.9 Å². The number of nitriles is 1. The number of allylic oxidation sites excluding steroid dienone is 1. The van der Waals surface area contributed by atoms with Crippen LogP contribution in [0.2, 0.25) is 0 Å². The maximum Gasteiger partial charge on any atom is 0.244 e. The third-order valence-corrected chi connectivity index (χ3v) is 5.44. The van der Waals surface area contributed by atoms with E-state index in [2.05, 4.69) is 16.3 Å². The van der Waals surface area contributed by atoms with Crippen molar-refractivity contribution in [2.24, 2.45) is 5.73 Å². The minimum absolute atomic E-state index is 0.0171. The van der Waals surface area contributed by atoms with E-state index in [1.165, 1.54) is 0 Å². The van der Waals surface area contributed by atoms with Crippen LogP contribution in [0.4, 0.5) is 0 Å². The van der Waals surface area contributed by atoms with Gasteiger partial charge in [-0.3, -0.25) is 5.10 Å². The lowest BCUT2D eigenvalue weighted by Crippen LogP contribution is -2.21. The molecule has 1 aliphatic rings. The van der Waals surface area contributed by atoms with Crippen LogP contribution in [0, 0.1) is 11.3 Å². The van der Waals surface area contributed by atoms with Gasteiger partial charge >= 0.3 is 0 Å². The summed E-state index contributed by atoms with van der Waals surface area (Å²) in [4.78, 5) is 0. The first-order chi connectivity index (χ1) is 16.1. The number of nitrogens with zero attached hydrogens (tertiary/aromatic N) is 2. The molecule has 2 heterocycles. The number of nitrogens with one attached hydrogen (secondary N) is 1.